The summed E-state index contributed by atoms with van der Waals surface area (Å²) in [5.41, 5.74) is 0.994. The van der Waals surface area contributed by atoms with E-state index in [9.17, 15) is 0 Å². The molecule has 13 heavy (non-hydrogen) atoms. The fourth-order valence-electron chi connectivity index (χ4n) is 1.38. The van der Waals surface area contributed by atoms with Crippen molar-refractivity contribution in [2.45, 2.75) is 24.0 Å². The van der Waals surface area contributed by atoms with Crippen molar-refractivity contribution < 1.29 is 0 Å². The van der Waals surface area contributed by atoms with E-state index in [1.807, 2.05) is 24.2 Å². The lowest BCUT2D eigenvalue weighted by Gasteiger charge is -2.05. The van der Waals surface area contributed by atoms with Crippen LogP contribution in [0.25, 0.3) is 0 Å². The van der Waals surface area contributed by atoms with E-state index in [0.29, 0.717) is 11.1 Å². The van der Waals surface area contributed by atoms with Crippen molar-refractivity contribution in [1.29, 1.82) is 0 Å². The standard InChI is InChI=1S/C9H11ClN2S/c10-4-7-5-11-9(12-6-7)8-2-1-3-13-8/h5-6,8H,1-4H2. The van der Waals surface area contributed by atoms with Crippen molar-refractivity contribution in [3.8, 4) is 0 Å². The predicted octanol–water partition coefficient (Wildman–Crippen LogP) is 2.78. The van der Waals surface area contributed by atoms with Crippen molar-refractivity contribution >= 4 is 23.4 Å². The molecule has 1 aliphatic heterocycles. The highest BCUT2D eigenvalue weighted by Gasteiger charge is 2.19. The van der Waals surface area contributed by atoms with Crippen LogP contribution in [0.1, 0.15) is 29.5 Å². The largest absolute Gasteiger partial charge is 0.240 e. The summed E-state index contributed by atoms with van der Waals surface area (Å²) >= 11 is 7.60. The topological polar surface area (TPSA) is 25.8 Å². The van der Waals surface area contributed by atoms with E-state index in [-0.39, 0.29) is 0 Å². The van der Waals surface area contributed by atoms with Gasteiger partial charge in [-0.3, -0.25) is 0 Å². The van der Waals surface area contributed by atoms with E-state index in [1.54, 1.807) is 0 Å². The summed E-state index contributed by atoms with van der Waals surface area (Å²) in [4.78, 5) is 8.63. The zero-order valence-electron chi connectivity index (χ0n) is 7.24. The molecule has 0 saturated carbocycles. The number of hydrogen-bond acceptors (Lipinski definition) is 3. The Morgan fingerprint density at radius 2 is 2.23 bits per heavy atom. The van der Waals surface area contributed by atoms with Gasteiger partial charge in [-0.05, 0) is 18.6 Å². The van der Waals surface area contributed by atoms with Gasteiger partial charge >= 0.3 is 0 Å². The minimum Gasteiger partial charge on any atom is -0.240 e. The number of rotatable bonds is 2. The summed E-state index contributed by atoms with van der Waals surface area (Å²) in [6.45, 7) is 0. The molecule has 0 bridgehead atoms. The second-order valence-corrected chi connectivity index (χ2v) is 4.66. The van der Waals surface area contributed by atoms with Gasteiger partial charge in [0.15, 0.2) is 0 Å². The molecule has 70 valence electrons. The summed E-state index contributed by atoms with van der Waals surface area (Å²) in [6, 6.07) is 0. The third-order valence-corrected chi connectivity index (χ3v) is 3.78. The number of nitrogens with zero attached hydrogens (tertiary/aromatic N) is 2. The van der Waals surface area contributed by atoms with Crippen LogP contribution in [0, 0.1) is 0 Å². The van der Waals surface area contributed by atoms with Gasteiger partial charge in [-0.25, -0.2) is 9.97 Å². The highest BCUT2D eigenvalue weighted by Crippen LogP contribution is 2.37. The maximum absolute atomic E-state index is 5.65. The highest BCUT2D eigenvalue weighted by molar-refractivity contribution is 7.99. The average molecular weight is 215 g/mol. The van der Waals surface area contributed by atoms with E-state index >= 15 is 0 Å². The molecule has 1 atom stereocenters. The molecule has 1 fully saturated rings. The molecule has 0 spiro atoms. The lowest BCUT2D eigenvalue weighted by molar-refractivity contribution is 0.774. The number of hydrogen-bond donors (Lipinski definition) is 0. The molecular weight excluding hydrogens is 204 g/mol. The van der Waals surface area contributed by atoms with Crippen LogP contribution in [0.5, 0.6) is 0 Å². The first kappa shape index (κ1) is 9.28. The number of halogens is 1. The number of thioether (sulfide) groups is 1. The lowest BCUT2D eigenvalue weighted by Crippen LogP contribution is -1.98. The summed E-state index contributed by atoms with van der Waals surface area (Å²) in [6.07, 6.45) is 6.16. The molecule has 0 radical (unpaired) electrons. The second-order valence-electron chi connectivity index (χ2n) is 3.08. The van der Waals surface area contributed by atoms with Crippen molar-refractivity contribution in [3.05, 3.63) is 23.8 Å². The van der Waals surface area contributed by atoms with Crippen molar-refractivity contribution in [2.75, 3.05) is 5.75 Å². The molecule has 1 unspecified atom stereocenters. The Hall–Kier alpha value is -0.280. The smallest absolute Gasteiger partial charge is 0.141 e. The Balaban J connectivity index is 2.12. The van der Waals surface area contributed by atoms with Gasteiger partial charge < -0.3 is 0 Å². The Labute approximate surface area is 87.1 Å². The van der Waals surface area contributed by atoms with Gasteiger partial charge in [-0.1, -0.05) is 0 Å². The third-order valence-electron chi connectivity index (χ3n) is 2.10. The second kappa shape index (κ2) is 4.29. The van der Waals surface area contributed by atoms with Gasteiger partial charge in [0.25, 0.3) is 0 Å². The molecule has 4 heteroatoms. The van der Waals surface area contributed by atoms with Crippen molar-refractivity contribution in [2.24, 2.45) is 0 Å². The molecule has 0 aliphatic carbocycles. The van der Waals surface area contributed by atoms with E-state index in [1.165, 1.54) is 18.6 Å². The Kier molecular flexibility index (Phi) is 3.06. The minimum absolute atomic E-state index is 0.498. The number of aromatic nitrogens is 2. The monoisotopic (exact) mass is 214 g/mol. The van der Waals surface area contributed by atoms with Gasteiger partial charge in [0.2, 0.25) is 0 Å². The van der Waals surface area contributed by atoms with Crippen LogP contribution in [0.15, 0.2) is 12.4 Å². The molecular formula is C9H11ClN2S. The first-order chi connectivity index (χ1) is 6.40. The van der Waals surface area contributed by atoms with E-state index in [0.717, 1.165) is 11.4 Å². The van der Waals surface area contributed by atoms with Crippen molar-refractivity contribution in [3.63, 3.8) is 0 Å². The molecule has 2 nitrogen and oxygen atoms in total. The first-order valence-electron chi connectivity index (χ1n) is 4.38. The zero-order valence-corrected chi connectivity index (χ0v) is 8.81. The van der Waals surface area contributed by atoms with Crippen LogP contribution >= 0.6 is 23.4 Å². The summed E-state index contributed by atoms with van der Waals surface area (Å²) in [5.74, 6) is 2.71. The van der Waals surface area contributed by atoms with E-state index in [2.05, 4.69) is 9.97 Å². The Morgan fingerprint density at radius 1 is 1.46 bits per heavy atom. The van der Waals surface area contributed by atoms with Gasteiger partial charge in [-0.15, -0.1) is 11.6 Å². The Bertz CT molecular complexity index is 269. The summed E-state index contributed by atoms with van der Waals surface area (Å²) < 4.78 is 0. The molecule has 2 heterocycles. The zero-order chi connectivity index (χ0) is 9.10. The quantitative estimate of drug-likeness (QED) is 0.709. The van der Waals surface area contributed by atoms with Gasteiger partial charge in [0.05, 0.1) is 11.1 Å². The number of alkyl halides is 1. The molecule has 1 aromatic rings. The van der Waals surface area contributed by atoms with Crippen LogP contribution in [0.3, 0.4) is 0 Å². The first-order valence-corrected chi connectivity index (χ1v) is 5.97. The van der Waals surface area contributed by atoms with Crippen LogP contribution in [-0.4, -0.2) is 15.7 Å². The molecule has 0 N–H and O–H groups in total. The van der Waals surface area contributed by atoms with Crippen LogP contribution < -0.4 is 0 Å². The minimum atomic E-state index is 0.498. The van der Waals surface area contributed by atoms with Crippen LogP contribution in [0.4, 0.5) is 0 Å². The van der Waals surface area contributed by atoms with Gasteiger partial charge in [0, 0.05) is 18.0 Å². The fourth-order valence-corrected chi connectivity index (χ4v) is 2.74. The maximum atomic E-state index is 5.65. The SMILES string of the molecule is ClCc1cnc(C2CCCS2)nc1. The van der Waals surface area contributed by atoms with E-state index in [4.69, 9.17) is 11.6 Å². The maximum Gasteiger partial charge on any atom is 0.141 e. The molecule has 1 saturated heterocycles. The lowest BCUT2D eigenvalue weighted by atomic mass is 10.2. The fraction of sp³-hybridized carbons (Fsp3) is 0.556. The molecule has 0 aromatic carbocycles. The molecule has 1 aromatic heterocycles. The summed E-state index contributed by atoms with van der Waals surface area (Å²) in [7, 11) is 0. The molecule has 1 aliphatic rings. The Morgan fingerprint density at radius 3 is 2.77 bits per heavy atom. The predicted molar refractivity (Wildman–Crippen MR) is 56.0 cm³/mol. The normalized spacial score (nSPS) is 22.1. The van der Waals surface area contributed by atoms with Crippen LogP contribution in [0.2, 0.25) is 0 Å². The molecule has 0 amide bonds. The van der Waals surface area contributed by atoms with Gasteiger partial charge in [0.1, 0.15) is 5.82 Å². The highest BCUT2D eigenvalue weighted by atomic mass is 35.5. The van der Waals surface area contributed by atoms with Crippen LogP contribution in [-0.2, 0) is 5.88 Å². The molecule has 2 rings (SSSR count). The summed E-state index contributed by atoms with van der Waals surface area (Å²) in [5, 5.41) is 0.518. The third kappa shape index (κ3) is 2.15. The van der Waals surface area contributed by atoms with Crippen molar-refractivity contribution in [1.82, 2.24) is 9.97 Å². The van der Waals surface area contributed by atoms with E-state index < -0.39 is 0 Å². The average Bonchev–Trinajstić information content (AvgIpc) is 2.71. The van der Waals surface area contributed by atoms with Gasteiger partial charge in [-0.2, -0.15) is 11.8 Å².